The van der Waals surface area contributed by atoms with Gasteiger partial charge in [0, 0.05) is 11.6 Å². The fraction of sp³-hybridized carbons (Fsp3) is 0.267. The van der Waals surface area contributed by atoms with Crippen LogP contribution in [-0.2, 0) is 13.1 Å². The molecule has 0 saturated carbocycles. The number of hydrogen-bond donors (Lipinski definition) is 2. The number of halogens is 1. The number of benzene rings is 1. The zero-order chi connectivity index (χ0) is 14.2. The summed E-state index contributed by atoms with van der Waals surface area (Å²) in [6.07, 6.45) is 1.66. The van der Waals surface area contributed by atoms with Crippen LogP contribution < -0.4 is 10.6 Å². The molecule has 0 amide bonds. The van der Waals surface area contributed by atoms with Crippen LogP contribution in [0.5, 0.6) is 0 Å². The highest BCUT2D eigenvalue weighted by atomic mass is 35.5. The van der Waals surface area contributed by atoms with Crippen molar-refractivity contribution in [1.29, 1.82) is 0 Å². The van der Waals surface area contributed by atoms with Crippen molar-refractivity contribution >= 4 is 17.6 Å². The zero-order valence-corrected chi connectivity index (χ0v) is 12.2. The van der Waals surface area contributed by atoms with Gasteiger partial charge in [0.05, 0.1) is 19.4 Å². The average Bonchev–Trinajstić information content (AvgIpc) is 2.97. The van der Waals surface area contributed by atoms with Crippen molar-refractivity contribution in [2.45, 2.75) is 20.0 Å². The van der Waals surface area contributed by atoms with Gasteiger partial charge in [0.25, 0.3) is 0 Å². The molecule has 2 rings (SSSR count). The lowest BCUT2D eigenvalue weighted by molar-refractivity contribution is 0.501. The quantitative estimate of drug-likeness (QED) is 0.657. The van der Waals surface area contributed by atoms with Gasteiger partial charge in [-0.25, -0.2) is 4.99 Å². The first kappa shape index (κ1) is 14.5. The Morgan fingerprint density at radius 1 is 1.20 bits per heavy atom. The Bertz CT molecular complexity index is 535. The molecule has 20 heavy (non-hydrogen) atoms. The molecule has 2 aromatic rings. The molecule has 1 heterocycles. The van der Waals surface area contributed by atoms with E-state index in [1.54, 1.807) is 6.26 Å². The lowest BCUT2D eigenvalue weighted by Crippen LogP contribution is -2.36. The van der Waals surface area contributed by atoms with Gasteiger partial charge in [-0.05, 0) is 36.8 Å². The lowest BCUT2D eigenvalue weighted by atomic mass is 10.2. The van der Waals surface area contributed by atoms with Gasteiger partial charge >= 0.3 is 0 Å². The minimum absolute atomic E-state index is 0.602. The molecule has 5 heteroatoms. The van der Waals surface area contributed by atoms with Crippen molar-refractivity contribution in [3.05, 3.63) is 59.0 Å². The van der Waals surface area contributed by atoms with E-state index < -0.39 is 0 Å². The molecule has 0 aliphatic rings. The summed E-state index contributed by atoms with van der Waals surface area (Å²) < 4.78 is 5.28. The predicted octanol–water partition coefficient (Wildman–Crippen LogP) is 3.19. The van der Waals surface area contributed by atoms with Crippen molar-refractivity contribution in [3.8, 4) is 0 Å². The van der Waals surface area contributed by atoms with Gasteiger partial charge in [0.1, 0.15) is 5.76 Å². The van der Waals surface area contributed by atoms with E-state index in [0.29, 0.717) is 13.1 Å². The molecule has 0 saturated heterocycles. The fourth-order valence-electron chi connectivity index (χ4n) is 1.69. The van der Waals surface area contributed by atoms with Crippen molar-refractivity contribution in [2.24, 2.45) is 4.99 Å². The van der Waals surface area contributed by atoms with Crippen molar-refractivity contribution in [3.63, 3.8) is 0 Å². The molecule has 0 unspecified atom stereocenters. The van der Waals surface area contributed by atoms with Crippen LogP contribution in [-0.4, -0.2) is 12.5 Å². The Balaban J connectivity index is 1.92. The maximum Gasteiger partial charge on any atom is 0.191 e. The Labute approximate surface area is 123 Å². The SMILES string of the molecule is CCNC(=NCc1ccc(Cl)cc1)NCc1ccco1. The number of hydrogen-bond acceptors (Lipinski definition) is 2. The van der Waals surface area contributed by atoms with E-state index in [1.807, 2.05) is 43.3 Å². The standard InChI is InChI=1S/C15H18ClN3O/c1-2-17-15(19-11-14-4-3-9-20-14)18-10-12-5-7-13(16)8-6-12/h3-9H,2,10-11H2,1H3,(H2,17,18,19). The number of aliphatic imine (C=N–C) groups is 1. The molecule has 0 aliphatic heterocycles. The average molecular weight is 292 g/mol. The van der Waals surface area contributed by atoms with Crippen LogP contribution in [0.4, 0.5) is 0 Å². The number of nitrogens with one attached hydrogen (secondary N) is 2. The maximum absolute atomic E-state index is 5.86. The molecule has 2 N–H and O–H groups in total. The van der Waals surface area contributed by atoms with Crippen LogP contribution in [0, 0.1) is 0 Å². The van der Waals surface area contributed by atoms with Gasteiger partial charge in [-0.15, -0.1) is 0 Å². The molecule has 1 aromatic carbocycles. The minimum atomic E-state index is 0.602. The maximum atomic E-state index is 5.86. The molecule has 0 radical (unpaired) electrons. The second-order valence-electron chi connectivity index (χ2n) is 4.25. The lowest BCUT2D eigenvalue weighted by Gasteiger charge is -2.10. The van der Waals surface area contributed by atoms with Gasteiger partial charge in [0.2, 0.25) is 0 Å². The Morgan fingerprint density at radius 2 is 2.00 bits per heavy atom. The zero-order valence-electron chi connectivity index (χ0n) is 11.4. The summed E-state index contributed by atoms with van der Waals surface area (Å²) in [7, 11) is 0. The molecule has 1 aromatic heterocycles. The minimum Gasteiger partial charge on any atom is -0.467 e. The van der Waals surface area contributed by atoms with Gasteiger partial charge in [-0.1, -0.05) is 23.7 Å². The second-order valence-corrected chi connectivity index (χ2v) is 4.69. The third kappa shape index (κ3) is 4.63. The van der Waals surface area contributed by atoms with Crippen LogP contribution in [0.25, 0.3) is 0 Å². The van der Waals surface area contributed by atoms with Crippen LogP contribution in [0.2, 0.25) is 5.02 Å². The molecule has 4 nitrogen and oxygen atoms in total. The molecule has 0 spiro atoms. The molecule has 106 valence electrons. The van der Waals surface area contributed by atoms with Crippen LogP contribution >= 0.6 is 11.6 Å². The molecule has 0 fully saturated rings. The number of guanidine groups is 1. The summed E-state index contributed by atoms with van der Waals surface area (Å²) in [5.41, 5.74) is 1.12. The second kappa shape index (κ2) is 7.60. The predicted molar refractivity (Wildman–Crippen MR) is 81.8 cm³/mol. The van der Waals surface area contributed by atoms with Crippen LogP contribution in [0.15, 0.2) is 52.1 Å². The normalized spacial score (nSPS) is 11.4. The van der Waals surface area contributed by atoms with Gasteiger partial charge in [0.15, 0.2) is 5.96 Å². The fourth-order valence-corrected chi connectivity index (χ4v) is 1.81. The largest absolute Gasteiger partial charge is 0.467 e. The van der Waals surface area contributed by atoms with Crippen LogP contribution in [0.3, 0.4) is 0 Å². The van der Waals surface area contributed by atoms with E-state index in [9.17, 15) is 0 Å². The first-order valence-corrected chi connectivity index (χ1v) is 6.94. The van der Waals surface area contributed by atoms with Crippen molar-refractivity contribution in [1.82, 2.24) is 10.6 Å². The highest BCUT2D eigenvalue weighted by molar-refractivity contribution is 6.30. The molecular formula is C15H18ClN3O. The van der Waals surface area contributed by atoms with Crippen molar-refractivity contribution < 1.29 is 4.42 Å². The van der Waals surface area contributed by atoms with Gasteiger partial charge in [-0.2, -0.15) is 0 Å². The van der Waals surface area contributed by atoms with E-state index in [-0.39, 0.29) is 0 Å². The van der Waals surface area contributed by atoms with Crippen molar-refractivity contribution in [2.75, 3.05) is 6.54 Å². The number of nitrogens with zero attached hydrogens (tertiary/aromatic N) is 1. The smallest absolute Gasteiger partial charge is 0.191 e. The molecule has 0 aliphatic carbocycles. The molecule has 0 bridgehead atoms. The van der Waals surface area contributed by atoms with Gasteiger partial charge in [-0.3, -0.25) is 0 Å². The van der Waals surface area contributed by atoms with E-state index in [0.717, 1.165) is 28.9 Å². The highest BCUT2D eigenvalue weighted by Gasteiger charge is 2.00. The number of furan rings is 1. The summed E-state index contributed by atoms with van der Waals surface area (Å²) in [5.74, 6) is 1.64. The highest BCUT2D eigenvalue weighted by Crippen LogP contribution is 2.10. The summed E-state index contributed by atoms with van der Waals surface area (Å²) in [6, 6.07) is 11.5. The Hall–Kier alpha value is -1.94. The van der Waals surface area contributed by atoms with E-state index in [4.69, 9.17) is 16.0 Å². The van der Waals surface area contributed by atoms with E-state index in [1.165, 1.54) is 0 Å². The van der Waals surface area contributed by atoms with E-state index >= 15 is 0 Å². The molecular weight excluding hydrogens is 274 g/mol. The van der Waals surface area contributed by atoms with Gasteiger partial charge < -0.3 is 15.1 Å². The first-order chi connectivity index (χ1) is 9.78. The summed E-state index contributed by atoms with van der Waals surface area (Å²) in [4.78, 5) is 4.52. The monoisotopic (exact) mass is 291 g/mol. The third-order valence-corrected chi connectivity index (χ3v) is 2.94. The topological polar surface area (TPSA) is 49.6 Å². The van der Waals surface area contributed by atoms with E-state index in [2.05, 4.69) is 15.6 Å². The number of rotatable bonds is 5. The summed E-state index contributed by atoms with van der Waals surface area (Å²) >= 11 is 5.86. The molecule has 0 atom stereocenters. The Kier molecular flexibility index (Phi) is 5.50. The summed E-state index contributed by atoms with van der Waals surface area (Å²) in [6.45, 7) is 4.06. The Morgan fingerprint density at radius 3 is 2.65 bits per heavy atom. The third-order valence-electron chi connectivity index (χ3n) is 2.69. The van der Waals surface area contributed by atoms with Crippen LogP contribution in [0.1, 0.15) is 18.2 Å². The first-order valence-electron chi connectivity index (χ1n) is 6.57. The summed E-state index contributed by atoms with van der Waals surface area (Å²) in [5, 5.41) is 7.16.